The number of aromatic nitrogens is 2. The maximum Gasteiger partial charge on any atom is 0.490 e. The van der Waals surface area contributed by atoms with Crippen LogP contribution in [0.5, 0.6) is 0 Å². The third-order valence-corrected chi connectivity index (χ3v) is 5.83. The Morgan fingerprint density at radius 2 is 1.91 bits per heavy atom. The second-order valence-corrected chi connectivity index (χ2v) is 8.19. The van der Waals surface area contributed by atoms with Crippen LogP contribution in [-0.4, -0.2) is 57.9 Å². The summed E-state index contributed by atoms with van der Waals surface area (Å²) in [5, 5.41) is 16.5. The molecule has 0 amide bonds. The van der Waals surface area contributed by atoms with Gasteiger partial charge in [-0.1, -0.05) is 36.4 Å². The van der Waals surface area contributed by atoms with E-state index in [1.54, 1.807) is 0 Å². The second-order valence-electron chi connectivity index (χ2n) is 8.19. The van der Waals surface area contributed by atoms with E-state index in [0.29, 0.717) is 11.6 Å². The van der Waals surface area contributed by atoms with Crippen LogP contribution in [0.25, 0.3) is 11.0 Å². The number of carboxylic acids is 1. The van der Waals surface area contributed by atoms with E-state index < -0.39 is 12.1 Å². The van der Waals surface area contributed by atoms with Gasteiger partial charge >= 0.3 is 12.1 Å². The smallest absolute Gasteiger partial charge is 0.475 e. The lowest BCUT2D eigenvalue weighted by atomic mass is 10.0. The summed E-state index contributed by atoms with van der Waals surface area (Å²) >= 11 is 0. The van der Waals surface area contributed by atoms with Crippen LogP contribution in [0.4, 0.5) is 19.1 Å². The normalized spacial score (nSPS) is 16.4. The number of aryl methyl sites for hydroxylation is 1. The molecule has 34 heavy (non-hydrogen) atoms. The molecule has 7 nitrogen and oxygen atoms in total. The van der Waals surface area contributed by atoms with Gasteiger partial charge in [-0.25, -0.2) is 9.78 Å². The van der Waals surface area contributed by atoms with Gasteiger partial charge in [0, 0.05) is 33.2 Å². The molecule has 0 aliphatic carbocycles. The molecule has 0 radical (unpaired) electrons. The second kappa shape index (κ2) is 10.6. The minimum absolute atomic E-state index is 0.420. The molecular formula is C24H26F3N5O2. The van der Waals surface area contributed by atoms with Crippen molar-refractivity contribution in [1.29, 1.82) is 5.26 Å². The lowest BCUT2D eigenvalue weighted by Crippen LogP contribution is -2.47. The number of para-hydroxylation sites is 1. The number of piperidine rings is 1. The number of likely N-dealkylation sites (tertiary alicyclic amines) is 1. The summed E-state index contributed by atoms with van der Waals surface area (Å²) in [6, 6.07) is 19.1. The summed E-state index contributed by atoms with van der Waals surface area (Å²) in [4.78, 5) is 18.5. The summed E-state index contributed by atoms with van der Waals surface area (Å²) in [5.41, 5.74) is 3.84. The number of nitrogens with zero attached hydrogens (tertiary/aromatic N) is 5. The van der Waals surface area contributed by atoms with Gasteiger partial charge in [-0.15, -0.1) is 0 Å². The maximum atomic E-state index is 10.6. The molecule has 1 fully saturated rings. The zero-order valence-corrected chi connectivity index (χ0v) is 19.0. The van der Waals surface area contributed by atoms with Gasteiger partial charge in [-0.3, -0.25) is 4.90 Å². The van der Waals surface area contributed by atoms with Crippen molar-refractivity contribution >= 4 is 23.0 Å². The minimum Gasteiger partial charge on any atom is -0.475 e. The predicted octanol–water partition coefficient (Wildman–Crippen LogP) is 4.18. The maximum absolute atomic E-state index is 10.6. The SMILES string of the molecule is CN(c1nc2cccc(C#N)c2n1C)C1CCCN(Cc2ccccc2)C1.O=C(O)C(F)(F)F. The number of aliphatic carboxylic acids is 1. The van der Waals surface area contributed by atoms with Crippen LogP contribution < -0.4 is 4.90 Å². The fraction of sp³-hybridized carbons (Fsp3) is 0.375. The molecule has 0 bridgehead atoms. The summed E-state index contributed by atoms with van der Waals surface area (Å²) in [6.07, 6.45) is -2.73. The highest BCUT2D eigenvalue weighted by atomic mass is 19.4. The number of likely N-dealkylation sites (N-methyl/N-ethyl adjacent to an activating group) is 1. The lowest BCUT2D eigenvalue weighted by Gasteiger charge is -2.38. The van der Waals surface area contributed by atoms with E-state index in [1.807, 2.05) is 25.2 Å². The van der Waals surface area contributed by atoms with Crippen LogP contribution in [0.1, 0.15) is 24.0 Å². The molecule has 1 aliphatic rings. The van der Waals surface area contributed by atoms with Crippen LogP contribution in [0.3, 0.4) is 0 Å². The zero-order valence-electron chi connectivity index (χ0n) is 19.0. The predicted molar refractivity (Wildman–Crippen MR) is 122 cm³/mol. The third kappa shape index (κ3) is 5.85. The number of hydrogen-bond donors (Lipinski definition) is 1. The number of anilines is 1. The molecule has 1 unspecified atom stereocenters. The highest BCUT2D eigenvalue weighted by Crippen LogP contribution is 2.27. The van der Waals surface area contributed by atoms with Gasteiger partial charge in [0.25, 0.3) is 0 Å². The Hall–Kier alpha value is -3.58. The van der Waals surface area contributed by atoms with Crippen molar-refractivity contribution in [2.75, 3.05) is 25.0 Å². The number of rotatable bonds is 4. The van der Waals surface area contributed by atoms with E-state index in [9.17, 15) is 18.4 Å². The number of alkyl halides is 3. The van der Waals surface area contributed by atoms with Crippen LogP contribution in [0.2, 0.25) is 0 Å². The number of carboxylic acid groups (broad SMARTS) is 1. The van der Waals surface area contributed by atoms with E-state index in [-0.39, 0.29) is 0 Å². The quantitative estimate of drug-likeness (QED) is 0.612. The first-order valence-corrected chi connectivity index (χ1v) is 10.8. The van der Waals surface area contributed by atoms with Gasteiger partial charge in [0.15, 0.2) is 0 Å². The molecule has 1 aromatic heterocycles. The van der Waals surface area contributed by atoms with Gasteiger partial charge < -0.3 is 14.6 Å². The first-order chi connectivity index (χ1) is 16.1. The van der Waals surface area contributed by atoms with Crippen molar-refractivity contribution in [3.63, 3.8) is 0 Å². The third-order valence-electron chi connectivity index (χ3n) is 5.83. The zero-order chi connectivity index (χ0) is 24.9. The number of imidazole rings is 1. The van der Waals surface area contributed by atoms with Crippen molar-refractivity contribution in [1.82, 2.24) is 14.5 Å². The average molecular weight is 473 g/mol. The van der Waals surface area contributed by atoms with E-state index in [4.69, 9.17) is 14.9 Å². The first-order valence-electron chi connectivity index (χ1n) is 10.8. The van der Waals surface area contributed by atoms with Crippen LogP contribution in [-0.2, 0) is 18.4 Å². The summed E-state index contributed by atoms with van der Waals surface area (Å²) in [6.45, 7) is 3.16. The number of carbonyl (C=O) groups is 1. The molecule has 1 aliphatic heterocycles. The van der Waals surface area contributed by atoms with E-state index >= 15 is 0 Å². The van der Waals surface area contributed by atoms with E-state index in [2.05, 4.69) is 57.8 Å². The van der Waals surface area contributed by atoms with Crippen LogP contribution >= 0.6 is 0 Å². The Morgan fingerprint density at radius 3 is 2.53 bits per heavy atom. The van der Waals surface area contributed by atoms with Gasteiger partial charge in [0.2, 0.25) is 5.95 Å². The summed E-state index contributed by atoms with van der Waals surface area (Å²) in [5.74, 6) is -1.83. The van der Waals surface area contributed by atoms with E-state index in [0.717, 1.165) is 43.0 Å². The molecule has 1 saturated heterocycles. The molecule has 3 aromatic rings. The Labute approximate surface area is 195 Å². The molecule has 180 valence electrons. The summed E-state index contributed by atoms with van der Waals surface area (Å²) < 4.78 is 33.8. The Balaban J connectivity index is 0.000000406. The lowest BCUT2D eigenvalue weighted by molar-refractivity contribution is -0.192. The highest BCUT2D eigenvalue weighted by molar-refractivity contribution is 5.84. The van der Waals surface area contributed by atoms with Gasteiger partial charge in [0.05, 0.1) is 16.6 Å². The number of hydrogen-bond acceptors (Lipinski definition) is 5. The van der Waals surface area contributed by atoms with Crippen LogP contribution in [0, 0.1) is 11.3 Å². The number of benzene rings is 2. The molecule has 10 heteroatoms. The fourth-order valence-corrected chi connectivity index (χ4v) is 4.16. The van der Waals surface area contributed by atoms with Crippen molar-refractivity contribution in [2.45, 2.75) is 31.6 Å². The molecule has 2 heterocycles. The van der Waals surface area contributed by atoms with Gasteiger partial charge in [-0.05, 0) is 37.1 Å². The average Bonchev–Trinajstić information content (AvgIpc) is 3.16. The topological polar surface area (TPSA) is 85.4 Å². The molecular weight excluding hydrogens is 447 g/mol. The summed E-state index contributed by atoms with van der Waals surface area (Å²) in [7, 11) is 4.14. The molecule has 0 saturated carbocycles. The molecule has 1 atom stereocenters. The van der Waals surface area contributed by atoms with E-state index in [1.165, 1.54) is 12.0 Å². The Morgan fingerprint density at radius 1 is 1.24 bits per heavy atom. The van der Waals surface area contributed by atoms with Crippen molar-refractivity contribution < 1.29 is 23.1 Å². The largest absolute Gasteiger partial charge is 0.490 e. The molecule has 2 aromatic carbocycles. The van der Waals surface area contributed by atoms with Crippen molar-refractivity contribution in [3.05, 3.63) is 59.7 Å². The monoisotopic (exact) mass is 473 g/mol. The number of nitriles is 1. The molecule has 1 N–H and O–H groups in total. The van der Waals surface area contributed by atoms with Crippen molar-refractivity contribution in [2.24, 2.45) is 7.05 Å². The fourth-order valence-electron chi connectivity index (χ4n) is 4.16. The highest BCUT2D eigenvalue weighted by Gasteiger charge is 2.38. The Bertz CT molecular complexity index is 1170. The Kier molecular flexibility index (Phi) is 7.79. The standard InChI is InChI=1S/C22H25N5.C2HF3O2/c1-25(22-24-20-12-6-10-18(14-23)21(20)26(22)2)19-11-7-13-27(16-19)15-17-8-4-3-5-9-17;3-2(4,5)1(6)7/h3-6,8-10,12,19H,7,11,13,15-16H2,1-2H3;(H,6,7). The van der Waals surface area contributed by atoms with Gasteiger partial charge in [-0.2, -0.15) is 18.4 Å². The number of halogens is 3. The minimum atomic E-state index is -5.08. The van der Waals surface area contributed by atoms with Crippen molar-refractivity contribution in [3.8, 4) is 6.07 Å². The molecule has 0 spiro atoms. The van der Waals surface area contributed by atoms with Crippen LogP contribution in [0.15, 0.2) is 48.5 Å². The number of fused-ring (bicyclic) bond motifs is 1. The molecule has 4 rings (SSSR count). The van der Waals surface area contributed by atoms with Gasteiger partial charge in [0.1, 0.15) is 6.07 Å². The first kappa shape index (κ1) is 25.1.